The fourth-order valence-corrected chi connectivity index (χ4v) is 3.81. The molecule has 0 spiro atoms. The van der Waals surface area contributed by atoms with Crippen molar-refractivity contribution in [1.82, 2.24) is 14.8 Å². The van der Waals surface area contributed by atoms with Gasteiger partial charge in [-0.05, 0) is 31.2 Å². The largest absolute Gasteiger partial charge is 0.497 e. The molecule has 0 fully saturated rings. The van der Waals surface area contributed by atoms with Crippen LogP contribution in [0.2, 0.25) is 0 Å². The van der Waals surface area contributed by atoms with Crippen LogP contribution in [0.25, 0.3) is 0 Å². The van der Waals surface area contributed by atoms with E-state index in [1.807, 2.05) is 35.8 Å². The molecule has 31 heavy (non-hydrogen) atoms. The molecule has 2 aromatic carbocycles. The number of rotatable bonds is 9. The van der Waals surface area contributed by atoms with Crippen molar-refractivity contribution >= 4 is 23.4 Å². The van der Waals surface area contributed by atoms with Gasteiger partial charge in [-0.15, -0.1) is 10.2 Å². The maximum atomic E-state index is 12.4. The predicted octanol–water partition coefficient (Wildman–Crippen LogP) is 3.35. The number of anilines is 1. The van der Waals surface area contributed by atoms with Gasteiger partial charge in [-0.1, -0.05) is 17.8 Å². The molecule has 9 nitrogen and oxygen atoms in total. The SMILES string of the molecule is CCn1c(COc2cccc(OC)c2)nnc1SCC(=O)Nc1ccc2c(c1)OCO2. The van der Waals surface area contributed by atoms with Crippen molar-refractivity contribution in [2.45, 2.75) is 25.2 Å². The third-order valence-electron chi connectivity index (χ3n) is 4.51. The molecule has 1 aliphatic heterocycles. The van der Waals surface area contributed by atoms with Crippen molar-refractivity contribution in [3.05, 3.63) is 48.3 Å². The molecule has 0 radical (unpaired) electrons. The molecule has 0 aliphatic carbocycles. The van der Waals surface area contributed by atoms with Gasteiger partial charge in [0.1, 0.15) is 18.1 Å². The molecule has 0 atom stereocenters. The molecule has 10 heteroatoms. The minimum absolute atomic E-state index is 0.149. The Morgan fingerprint density at radius 2 is 2.00 bits per heavy atom. The van der Waals surface area contributed by atoms with Gasteiger partial charge in [0.25, 0.3) is 0 Å². The molecule has 1 aromatic heterocycles. The average Bonchev–Trinajstić information content (AvgIpc) is 3.42. The minimum Gasteiger partial charge on any atom is -0.497 e. The topological polar surface area (TPSA) is 96.7 Å². The van der Waals surface area contributed by atoms with Gasteiger partial charge >= 0.3 is 0 Å². The second-order valence-corrected chi connectivity index (χ2v) is 7.46. The Morgan fingerprint density at radius 3 is 2.84 bits per heavy atom. The van der Waals surface area contributed by atoms with Gasteiger partial charge in [0.05, 0.1) is 12.9 Å². The number of nitrogens with zero attached hydrogens (tertiary/aromatic N) is 3. The van der Waals surface area contributed by atoms with Crippen LogP contribution in [0.5, 0.6) is 23.0 Å². The number of hydrogen-bond acceptors (Lipinski definition) is 8. The molecule has 1 aliphatic rings. The van der Waals surface area contributed by atoms with Crippen LogP contribution in [-0.2, 0) is 17.9 Å². The zero-order chi connectivity index (χ0) is 21.6. The summed E-state index contributed by atoms with van der Waals surface area (Å²) in [6.45, 7) is 3.11. The van der Waals surface area contributed by atoms with E-state index >= 15 is 0 Å². The standard InChI is InChI=1S/C21H22N4O5S/c1-3-25-19(11-28-16-6-4-5-15(10-16)27-2)23-24-21(25)31-12-20(26)22-14-7-8-17-18(9-14)30-13-29-17/h4-10H,3,11-13H2,1-2H3,(H,22,26). The van der Waals surface area contributed by atoms with Crippen molar-refractivity contribution in [2.75, 3.05) is 25.0 Å². The fraction of sp³-hybridized carbons (Fsp3) is 0.286. The summed E-state index contributed by atoms with van der Waals surface area (Å²) >= 11 is 1.32. The maximum absolute atomic E-state index is 12.4. The predicted molar refractivity (Wildman–Crippen MR) is 115 cm³/mol. The van der Waals surface area contributed by atoms with Gasteiger partial charge < -0.3 is 28.8 Å². The summed E-state index contributed by atoms with van der Waals surface area (Å²) in [5.41, 5.74) is 0.652. The van der Waals surface area contributed by atoms with Gasteiger partial charge in [-0.3, -0.25) is 4.79 Å². The number of fused-ring (bicyclic) bond motifs is 1. The van der Waals surface area contributed by atoms with E-state index in [1.54, 1.807) is 25.3 Å². The first-order chi connectivity index (χ1) is 15.2. The molecule has 0 bridgehead atoms. The summed E-state index contributed by atoms with van der Waals surface area (Å²) in [5, 5.41) is 11.9. The number of carbonyl (C=O) groups excluding carboxylic acids is 1. The van der Waals surface area contributed by atoms with Crippen molar-refractivity contribution in [2.24, 2.45) is 0 Å². The average molecular weight is 442 g/mol. The molecule has 0 saturated carbocycles. The number of aromatic nitrogens is 3. The molecule has 0 saturated heterocycles. The molecular formula is C21H22N4O5S. The van der Waals surface area contributed by atoms with Crippen LogP contribution in [0.15, 0.2) is 47.6 Å². The normalized spacial score (nSPS) is 11.9. The number of amides is 1. The summed E-state index contributed by atoms with van der Waals surface area (Å²) in [5.74, 6) is 3.43. The number of thioether (sulfide) groups is 1. The Balaban J connectivity index is 1.33. The van der Waals surface area contributed by atoms with E-state index in [0.717, 1.165) is 5.75 Å². The third-order valence-corrected chi connectivity index (χ3v) is 5.47. The summed E-state index contributed by atoms with van der Waals surface area (Å²) in [6.07, 6.45) is 0. The van der Waals surface area contributed by atoms with E-state index in [0.29, 0.717) is 40.5 Å². The molecule has 4 rings (SSSR count). The Hall–Kier alpha value is -3.40. The number of ether oxygens (including phenoxy) is 4. The smallest absolute Gasteiger partial charge is 0.234 e. The number of carbonyl (C=O) groups is 1. The van der Waals surface area contributed by atoms with Crippen LogP contribution in [0, 0.1) is 0 Å². The first-order valence-corrected chi connectivity index (χ1v) is 10.7. The van der Waals surface area contributed by atoms with Crippen molar-refractivity contribution in [3.63, 3.8) is 0 Å². The van der Waals surface area contributed by atoms with E-state index in [4.69, 9.17) is 18.9 Å². The van der Waals surface area contributed by atoms with E-state index in [1.165, 1.54) is 11.8 Å². The van der Waals surface area contributed by atoms with Gasteiger partial charge in [-0.2, -0.15) is 0 Å². The van der Waals surface area contributed by atoms with E-state index in [2.05, 4.69) is 15.5 Å². The van der Waals surface area contributed by atoms with Crippen molar-refractivity contribution in [1.29, 1.82) is 0 Å². The van der Waals surface area contributed by atoms with Crippen LogP contribution >= 0.6 is 11.8 Å². The Bertz CT molecular complexity index is 1070. The quantitative estimate of drug-likeness (QED) is 0.504. The van der Waals surface area contributed by atoms with Gasteiger partial charge in [0, 0.05) is 24.4 Å². The zero-order valence-electron chi connectivity index (χ0n) is 17.2. The van der Waals surface area contributed by atoms with Crippen LogP contribution < -0.4 is 24.3 Å². The highest BCUT2D eigenvalue weighted by Crippen LogP contribution is 2.34. The summed E-state index contributed by atoms with van der Waals surface area (Å²) in [6, 6.07) is 12.7. The van der Waals surface area contributed by atoms with Gasteiger partial charge in [0.2, 0.25) is 12.7 Å². The van der Waals surface area contributed by atoms with Crippen LogP contribution in [0.4, 0.5) is 5.69 Å². The van der Waals surface area contributed by atoms with Crippen molar-refractivity contribution < 1.29 is 23.7 Å². The van der Waals surface area contributed by atoms with Crippen LogP contribution in [-0.4, -0.2) is 40.3 Å². The summed E-state index contributed by atoms with van der Waals surface area (Å²) in [7, 11) is 1.61. The van der Waals surface area contributed by atoms with Gasteiger partial charge in [-0.25, -0.2) is 0 Å². The first kappa shape index (κ1) is 20.9. The lowest BCUT2D eigenvalue weighted by Crippen LogP contribution is -2.15. The molecule has 1 amide bonds. The lowest BCUT2D eigenvalue weighted by atomic mass is 10.3. The fourth-order valence-electron chi connectivity index (χ4n) is 2.99. The molecule has 3 aromatic rings. The molecule has 162 valence electrons. The maximum Gasteiger partial charge on any atom is 0.234 e. The number of benzene rings is 2. The number of methoxy groups -OCH3 is 1. The summed E-state index contributed by atoms with van der Waals surface area (Å²) in [4.78, 5) is 12.4. The number of nitrogens with one attached hydrogen (secondary N) is 1. The number of hydrogen-bond donors (Lipinski definition) is 1. The Kier molecular flexibility index (Phi) is 6.46. The van der Waals surface area contributed by atoms with Crippen molar-refractivity contribution in [3.8, 4) is 23.0 Å². The highest BCUT2D eigenvalue weighted by Gasteiger charge is 2.16. The van der Waals surface area contributed by atoms with E-state index in [9.17, 15) is 4.79 Å². The van der Waals surface area contributed by atoms with E-state index < -0.39 is 0 Å². The lowest BCUT2D eigenvalue weighted by molar-refractivity contribution is -0.113. The Labute approximate surface area is 183 Å². The molecule has 0 unspecified atom stereocenters. The molecule has 1 N–H and O–H groups in total. The van der Waals surface area contributed by atoms with E-state index in [-0.39, 0.29) is 25.1 Å². The molecule has 2 heterocycles. The molecular weight excluding hydrogens is 420 g/mol. The lowest BCUT2D eigenvalue weighted by Gasteiger charge is -2.10. The Morgan fingerprint density at radius 1 is 1.16 bits per heavy atom. The second-order valence-electron chi connectivity index (χ2n) is 6.52. The monoisotopic (exact) mass is 442 g/mol. The zero-order valence-corrected chi connectivity index (χ0v) is 18.0. The summed E-state index contributed by atoms with van der Waals surface area (Å²) < 4.78 is 23.6. The minimum atomic E-state index is -0.149. The van der Waals surface area contributed by atoms with Crippen LogP contribution in [0.1, 0.15) is 12.7 Å². The first-order valence-electron chi connectivity index (χ1n) is 9.67. The second kappa shape index (κ2) is 9.61. The highest BCUT2D eigenvalue weighted by molar-refractivity contribution is 7.99. The van der Waals surface area contributed by atoms with Gasteiger partial charge in [0.15, 0.2) is 22.5 Å². The third kappa shape index (κ3) is 5.02. The van der Waals surface area contributed by atoms with Crippen LogP contribution in [0.3, 0.4) is 0 Å². The highest BCUT2D eigenvalue weighted by atomic mass is 32.2.